The Morgan fingerprint density at radius 3 is 2.47 bits per heavy atom. The minimum absolute atomic E-state index is 0.0951. The van der Waals surface area contributed by atoms with Crippen LogP contribution in [0.5, 0.6) is 0 Å². The lowest BCUT2D eigenvalue weighted by Gasteiger charge is -2.24. The Morgan fingerprint density at radius 1 is 1.06 bits per heavy atom. The highest BCUT2D eigenvalue weighted by molar-refractivity contribution is 7.92. The zero-order chi connectivity index (χ0) is 24.5. The molecule has 1 aliphatic carbocycles. The van der Waals surface area contributed by atoms with E-state index in [0.29, 0.717) is 16.3 Å². The molecule has 1 N–H and O–H groups in total. The molecule has 0 spiro atoms. The van der Waals surface area contributed by atoms with Gasteiger partial charge in [0, 0.05) is 4.88 Å². The molecule has 0 aliphatic heterocycles. The van der Waals surface area contributed by atoms with Crippen molar-refractivity contribution < 1.29 is 22.7 Å². The first-order chi connectivity index (χ1) is 16.2. The number of aryl methyl sites for hydroxylation is 3. The number of sulfonamides is 1. The molecule has 4 rings (SSSR count). The monoisotopic (exact) mass is 498 g/mol. The Kier molecular flexibility index (Phi) is 6.77. The number of nitrogens with zero attached hydrogens (tertiary/aromatic N) is 1. The van der Waals surface area contributed by atoms with Crippen LogP contribution in [-0.4, -0.2) is 33.9 Å². The van der Waals surface area contributed by atoms with E-state index in [1.54, 1.807) is 30.3 Å². The molecule has 0 atom stereocenters. The van der Waals surface area contributed by atoms with Gasteiger partial charge in [-0.2, -0.15) is 0 Å². The number of hydrogen-bond acceptors (Lipinski definition) is 6. The molecule has 7 nitrogen and oxygen atoms in total. The molecule has 178 valence electrons. The van der Waals surface area contributed by atoms with Crippen molar-refractivity contribution in [3.05, 3.63) is 75.7 Å². The standard InChI is InChI=1S/C25H26N2O5S2/c1-16-10-12-19(13-11-16)34(30,31)27(18-7-4-6-17(2)14-18)15-22(28)26-24-23(25(29)32-3)20-8-5-9-21(20)33-24/h4,6-7,10-14H,5,8-9,15H2,1-3H3,(H,26,28). The van der Waals surface area contributed by atoms with Crippen LogP contribution in [0.25, 0.3) is 0 Å². The van der Waals surface area contributed by atoms with Crippen molar-refractivity contribution in [2.24, 2.45) is 0 Å². The van der Waals surface area contributed by atoms with Crippen molar-refractivity contribution in [3.8, 4) is 0 Å². The molecule has 1 aliphatic rings. The normalized spacial score (nSPS) is 12.8. The number of rotatable bonds is 7. The van der Waals surface area contributed by atoms with Crippen LogP contribution in [0.4, 0.5) is 10.7 Å². The first-order valence-electron chi connectivity index (χ1n) is 10.9. The van der Waals surface area contributed by atoms with Crippen molar-refractivity contribution in [1.82, 2.24) is 0 Å². The number of carbonyl (C=O) groups is 2. The SMILES string of the molecule is COC(=O)c1c(NC(=O)CN(c2cccc(C)c2)S(=O)(=O)c2ccc(C)cc2)sc2c1CCC2. The second kappa shape index (κ2) is 9.60. The molecule has 1 amide bonds. The predicted octanol–water partition coefficient (Wildman–Crippen LogP) is 4.47. The summed E-state index contributed by atoms with van der Waals surface area (Å²) in [5.74, 6) is -1.04. The van der Waals surface area contributed by atoms with Gasteiger partial charge >= 0.3 is 5.97 Å². The van der Waals surface area contributed by atoms with Gasteiger partial charge in [0.15, 0.2) is 0 Å². The lowest BCUT2D eigenvalue weighted by molar-refractivity contribution is -0.114. The summed E-state index contributed by atoms with van der Waals surface area (Å²) in [7, 11) is -2.71. The average molecular weight is 499 g/mol. The lowest BCUT2D eigenvalue weighted by atomic mass is 10.1. The maximum Gasteiger partial charge on any atom is 0.341 e. The summed E-state index contributed by atoms with van der Waals surface area (Å²) in [4.78, 5) is 26.7. The Hall–Kier alpha value is -3.17. The van der Waals surface area contributed by atoms with E-state index in [1.807, 2.05) is 19.9 Å². The third-order valence-corrected chi connectivity index (χ3v) is 8.74. The van der Waals surface area contributed by atoms with Crippen LogP contribution in [0.2, 0.25) is 0 Å². The van der Waals surface area contributed by atoms with Crippen molar-refractivity contribution in [2.75, 3.05) is 23.3 Å². The molecule has 1 heterocycles. The van der Waals surface area contributed by atoms with E-state index in [4.69, 9.17) is 4.74 Å². The number of anilines is 2. The Balaban J connectivity index is 1.67. The summed E-state index contributed by atoms with van der Waals surface area (Å²) in [6.07, 6.45) is 2.55. The van der Waals surface area contributed by atoms with Crippen LogP contribution >= 0.6 is 11.3 Å². The van der Waals surface area contributed by atoms with E-state index in [0.717, 1.165) is 45.1 Å². The summed E-state index contributed by atoms with van der Waals surface area (Å²) < 4.78 is 33.1. The zero-order valence-corrected chi connectivity index (χ0v) is 20.9. The number of amides is 1. The average Bonchev–Trinajstić information content (AvgIpc) is 3.38. The second-order valence-electron chi connectivity index (χ2n) is 8.26. The predicted molar refractivity (Wildman–Crippen MR) is 133 cm³/mol. The van der Waals surface area contributed by atoms with Gasteiger partial charge in [-0.15, -0.1) is 11.3 Å². The minimum atomic E-state index is -4.02. The molecule has 0 radical (unpaired) electrons. The molecule has 3 aromatic rings. The third kappa shape index (κ3) is 4.71. The van der Waals surface area contributed by atoms with E-state index in [-0.39, 0.29) is 4.90 Å². The first kappa shape index (κ1) is 24.0. The lowest BCUT2D eigenvalue weighted by Crippen LogP contribution is -2.38. The van der Waals surface area contributed by atoms with Gasteiger partial charge in [-0.25, -0.2) is 13.2 Å². The quantitative estimate of drug-likeness (QED) is 0.485. The molecule has 0 fully saturated rings. The molecule has 0 saturated carbocycles. The van der Waals surface area contributed by atoms with E-state index in [1.165, 1.54) is 30.6 Å². The topological polar surface area (TPSA) is 92.8 Å². The molecule has 9 heteroatoms. The summed E-state index contributed by atoms with van der Waals surface area (Å²) in [6, 6.07) is 13.5. The van der Waals surface area contributed by atoms with Crippen LogP contribution in [0.3, 0.4) is 0 Å². The Morgan fingerprint density at radius 2 is 1.79 bits per heavy atom. The molecule has 0 saturated heterocycles. The Bertz CT molecular complexity index is 1340. The van der Waals surface area contributed by atoms with Crippen LogP contribution in [-0.2, 0) is 32.4 Å². The number of nitrogens with one attached hydrogen (secondary N) is 1. The molecular weight excluding hydrogens is 472 g/mol. The highest BCUT2D eigenvalue weighted by Crippen LogP contribution is 2.39. The van der Waals surface area contributed by atoms with Gasteiger partial charge in [-0.3, -0.25) is 9.10 Å². The van der Waals surface area contributed by atoms with Gasteiger partial charge in [-0.1, -0.05) is 29.8 Å². The number of carbonyl (C=O) groups excluding carboxylic acids is 2. The van der Waals surface area contributed by atoms with E-state index in [2.05, 4.69) is 5.32 Å². The van der Waals surface area contributed by atoms with Crippen LogP contribution < -0.4 is 9.62 Å². The van der Waals surface area contributed by atoms with Gasteiger partial charge in [0.2, 0.25) is 5.91 Å². The van der Waals surface area contributed by atoms with Crippen LogP contribution in [0, 0.1) is 13.8 Å². The van der Waals surface area contributed by atoms with E-state index in [9.17, 15) is 18.0 Å². The number of esters is 1. The fraction of sp³-hybridized carbons (Fsp3) is 0.280. The summed E-state index contributed by atoms with van der Waals surface area (Å²) in [6.45, 7) is 3.29. The highest BCUT2D eigenvalue weighted by Gasteiger charge is 2.31. The number of hydrogen-bond donors (Lipinski definition) is 1. The van der Waals surface area contributed by atoms with E-state index >= 15 is 0 Å². The number of benzene rings is 2. The van der Waals surface area contributed by atoms with Crippen molar-refractivity contribution >= 4 is 43.9 Å². The first-order valence-corrected chi connectivity index (χ1v) is 13.1. The van der Waals surface area contributed by atoms with Gasteiger partial charge < -0.3 is 10.1 Å². The van der Waals surface area contributed by atoms with Gasteiger partial charge in [0.1, 0.15) is 11.5 Å². The number of ether oxygens (including phenoxy) is 1. The highest BCUT2D eigenvalue weighted by atomic mass is 32.2. The molecule has 34 heavy (non-hydrogen) atoms. The number of thiophene rings is 1. The van der Waals surface area contributed by atoms with Gasteiger partial charge in [-0.05, 0) is 68.5 Å². The smallest absolute Gasteiger partial charge is 0.341 e. The third-order valence-electron chi connectivity index (χ3n) is 5.75. The molecule has 0 unspecified atom stereocenters. The minimum Gasteiger partial charge on any atom is -0.465 e. The fourth-order valence-corrected chi connectivity index (χ4v) is 6.75. The zero-order valence-electron chi connectivity index (χ0n) is 19.3. The van der Waals surface area contributed by atoms with E-state index < -0.39 is 28.4 Å². The Labute approximate surface area is 203 Å². The molecule has 0 bridgehead atoms. The van der Waals surface area contributed by atoms with Crippen molar-refractivity contribution in [1.29, 1.82) is 0 Å². The largest absolute Gasteiger partial charge is 0.465 e. The summed E-state index contributed by atoms with van der Waals surface area (Å²) >= 11 is 1.35. The fourth-order valence-electron chi connectivity index (χ4n) is 4.04. The molecule has 2 aromatic carbocycles. The van der Waals surface area contributed by atoms with Crippen molar-refractivity contribution in [3.63, 3.8) is 0 Å². The van der Waals surface area contributed by atoms with Crippen molar-refractivity contribution in [2.45, 2.75) is 38.0 Å². The number of fused-ring (bicyclic) bond motifs is 1. The van der Waals surface area contributed by atoms with Gasteiger partial charge in [0.25, 0.3) is 10.0 Å². The second-order valence-corrected chi connectivity index (χ2v) is 11.2. The van der Waals surface area contributed by atoms with Crippen LogP contribution in [0.1, 0.15) is 38.3 Å². The maximum absolute atomic E-state index is 13.6. The summed E-state index contributed by atoms with van der Waals surface area (Å²) in [5.41, 5.74) is 3.47. The molecule has 1 aromatic heterocycles. The summed E-state index contributed by atoms with van der Waals surface area (Å²) in [5, 5.41) is 3.18. The molecular formula is C25H26N2O5S2. The van der Waals surface area contributed by atoms with Gasteiger partial charge in [0.05, 0.1) is 23.3 Å². The maximum atomic E-state index is 13.6. The van der Waals surface area contributed by atoms with Crippen LogP contribution in [0.15, 0.2) is 53.4 Å². The number of methoxy groups -OCH3 is 1.